The molecular weight excluding hydrogens is 287 g/mol. The zero-order chi connectivity index (χ0) is 12.5. The summed E-state index contributed by atoms with van der Waals surface area (Å²) in [4.78, 5) is 0. The van der Waals surface area contributed by atoms with Crippen LogP contribution in [0.2, 0.25) is 0 Å². The van der Waals surface area contributed by atoms with Gasteiger partial charge in [0, 0.05) is 10.0 Å². The zero-order valence-corrected chi connectivity index (χ0v) is 11.2. The van der Waals surface area contributed by atoms with Crippen LogP contribution in [0.1, 0.15) is 19.7 Å². The number of nitrogens with zero attached hydrogens (tertiary/aromatic N) is 2. The second-order valence-electron chi connectivity index (χ2n) is 4.44. The van der Waals surface area contributed by atoms with Gasteiger partial charge in [0.1, 0.15) is 6.67 Å². The molecule has 0 amide bonds. The van der Waals surface area contributed by atoms with Crippen molar-refractivity contribution < 1.29 is 8.81 Å². The third kappa shape index (κ3) is 2.54. The average Bonchev–Trinajstić information content (AvgIpc) is 2.80. The fourth-order valence-electron chi connectivity index (χ4n) is 1.26. The Labute approximate surface area is 107 Å². The van der Waals surface area contributed by atoms with Crippen LogP contribution in [-0.2, 0) is 5.41 Å². The van der Waals surface area contributed by atoms with Gasteiger partial charge in [-0.1, -0.05) is 15.9 Å². The molecule has 0 saturated carbocycles. The SMILES string of the molecule is CC(C)(CF)c1nnc(-c2ccc(Br)cc2)o1. The van der Waals surface area contributed by atoms with Crippen LogP contribution in [0, 0.1) is 0 Å². The van der Waals surface area contributed by atoms with Gasteiger partial charge in [-0.15, -0.1) is 10.2 Å². The first kappa shape index (κ1) is 12.2. The molecule has 0 atom stereocenters. The van der Waals surface area contributed by atoms with E-state index >= 15 is 0 Å². The van der Waals surface area contributed by atoms with E-state index in [-0.39, 0.29) is 0 Å². The zero-order valence-electron chi connectivity index (χ0n) is 9.58. The first-order valence-electron chi connectivity index (χ1n) is 5.19. The van der Waals surface area contributed by atoms with Gasteiger partial charge in [-0.3, -0.25) is 0 Å². The highest BCUT2D eigenvalue weighted by Crippen LogP contribution is 2.26. The van der Waals surface area contributed by atoms with Gasteiger partial charge in [0.2, 0.25) is 11.8 Å². The summed E-state index contributed by atoms with van der Waals surface area (Å²) in [5.74, 6) is 0.729. The van der Waals surface area contributed by atoms with E-state index in [1.54, 1.807) is 13.8 Å². The highest BCUT2D eigenvalue weighted by molar-refractivity contribution is 9.10. The van der Waals surface area contributed by atoms with Crippen LogP contribution in [0.3, 0.4) is 0 Å². The van der Waals surface area contributed by atoms with Gasteiger partial charge in [-0.05, 0) is 38.1 Å². The van der Waals surface area contributed by atoms with Crippen LogP contribution in [-0.4, -0.2) is 16.9 Å². The molecule has 5 heteroatoms. The molecule has 1 aromatic heterocycles. The maximum absolute atomic E-state index is 12.8. The van der Waals surface area contributed by atoms with Gasteiger partial charge < -0.3 is 4.42 Å². The second-order valence-corrected chi connectivity index (χ2v) is 5.35. The first-order valence-corrected chi connectivity index (χ1v) is 5.98. The number of hydrogen-bond acceptors (Lipinski definition) is 3. The summed E-state index contributed by atoms with van der Waals surface area (Å²) in [6.07, 6.45) is 0. The van der Waals surface area contributed by atoms with Crippen molar-refractivity contribution in [3.63, 3.8) is 0 Å². The average molecular weight is 299 g/mol. The van der Waals surface area contributed by atoms with E-state index in [0.717, 1.165) is 10.0 Å². The molecule has 0 bridgehead atoms. The highest BCUT2D eigenvalue weighted by atomic mass is 79.9. The van der Waals surface area contributed by atoms with Crippen LogP contribution in [0.15, 0.2) is 33.2 Å². The summed E-state index contributed by atoms with van der Waals surface area (Å²) in [6.45, 7) is 2.92. The molecule has 0 spiro atoms. The van der Waals surface area contributed by atoms with Gasteiger partial charge in [-0.2, -0.15) is 0 Å². The molecule has 0 unspecified atom stereocenters. The molecule has 3 nitrogen and oxygen atoms in total. The maximum atomic E-state index is 12.8. The van der Waals surface area contributed by atoms with Crippen molar-refractivity contribution in [2.75, 3.05) is 6.67 Å². The van der Waals surface area contributed by atoms with E-state index in [2.05, 4.69) is 26.1 Å². The molecular formula is C12H12BrFN2O. The summed E-state index contributed by atoms with van der Waals surface area (Å²) in [5.41, 5.74) is 0.0854. The van der Waals surface area contributed by atoms with Crippen molar-refractivity contribution in [1.82, 2.24) is 10.2 Å². The Morgan fingerprint density at radius 1 is 1.24 bits per heavy atom. The second kappa shape index (κ2) is 4.56. The molecule has 0 aliphatic carbocycles. The molecule has 1 aromatic carbocycles. The Kier molecular flexibility index (Phi) is 3.28. The van der Waals surface area contributed by atoms with Gasteiger partial charge >= 0.3 is 0 Å². The number of benzene rings is 1. The normalized spacial score (nSPS) is 11.8. The van der Waals surface area contributed by atoms with Crippen LogP contribution in [0.4, 0.5) is 4.39 Å². The molecule has 17 heavy (non-hydrogen) atoms. The Morgan fingerprint density at radius 2 is 1.88 bits per heavy atom. The minimum Gasteiger partial charge on any atom is -0.420 e. The molecule has 0 aliphatic heterocycles. The molecule has 0 aliphatic rings. The fourth-order valence-corrected chi connectivity index (χ4v) is 1.53. The fraction of sp³-hybridized carbons (Fsp3) is 0.333. The van der Waals surface area contributed by atoms with E-state index in [9.17, 15) is 4.39 Å². The molecule has 1 heterocycles. The molecule has 0 N–H and O–H groups in total. The molecule has 0 saturated heterocycles. The number of rotatable bonds is 3. The lowest BCUT2D eigenvalue weighted by atomic mass is 9.96. The first-order chi connectivity index (χ1) is 8.03. The summed E-state index contributed by atoms with van der Waals surface area (Å²) < 4.78 is 19.3. The standard InChI is InChI=1S/C12H12BrFN2O/c1-12(2,7-14)11-16-15-10(17-11)8-3-5-9(13)6-4-8/h3-6H,7H2,1-2H3. The largest absolute Gasteiger partial charge is 0.420 e. The van der Waals surface area contributed by atoms with E-state index in [1.165, 1.54) is 0 Å². The summed E-state index contributed by atoms with van der Waals surface area (Å²) in [5, 5.41) is 7.82. The number of alkyl halides is 1. The third-order valence-corrected chi connectivity index (χ3v) is 2.96. The van der Waals surface area contributed by atoms with E-state index in [0.29, 0.717) is 11.8 Å². The van der Waals surface area contributed by atoms with Gasteiger partial charge in [0.15, 0.2) is 0 Å². The quantitative estimate of drug-likeness (QED) is 0.866. The van der Waals surface area contributed by atoms with Crippen molar-refractivity contribution in [1.29, 1.82) is 0 Å². The predicted molar refractivity (Wildman–Crippen MR) is 66.4 cm³/mol. The van der Waals surface area contributed by atoms with Crippen molar-refractivity contribution in [3.8, 4) is 11.5 Å². The molecule has 2 aromatic rings. The van der Waals surface area contributed by atoms with Crippen LogP contribution in [0.25, 0.3) is 11.5 Å². The highest BCUT2D eigenvalue weighted by Gasteiger charge is 2.27. The molecule has 2 rings (SSSR count). The van der Waals surface area contributed by atoms with E-state index in [4.69, 9.17) is 4.42 Å². The molecule has 0 fully saturated rings. The minimum absolute atomic E-state index is 0.318. The number of aromatic nitrogens is 2. The third-order valence-electron chi connectivity index (χ3n) is 2.43. The lowest BCUT2D eigenvalue weighted by Crippen LogP contribution is -2.20. The van der Waals surface area contributed by atoms with Crippen molar-refractivity contribution >= 4 is 15.9 Å². The van der Waals surface area contributed by atoms with Crippen LogP contribution >= 0.6 is 15.9 Å². The lowest BCUT2D eigenvalue weighted by molar-refractivity contribution is 0.291. The molecule has 90 valence electrons. The van der Waals surface area contributed by atoms with Crippen molar-refractivity contribution in [3.05, 3.63) is 34.6 Å². The van der Waals surface area contributed by atoms with Crippen LogP contribution < -0.4 is 0 Å². The maximum Gasteiger partial charge on any atom is 0.247 e. The number of hydrogen-bond donors (Lipinski definition) is 0. The number of halogens is 2. The Hall–Kier alpha value is -1.23. The Bertz CT molecular complexity index is 507. The van der Waals surface area contributed by atoms with Gasteiger partial charge in [0.05, 0.1) is 5.41 Å². The van der Waals surface area contributed by atoms with Crippen molar-refractivity contribution in [2.24, 2.45) is 0 Å². The lowest BCUT2D eigenvalue weighted by Gasteiger charge is -2.13. The van der Waals surface area contributed by atoms with E-state index in [1.807, 2.05) is 24.3 Å². The predicted octanol–water partition coefficient (Wildman–Crippen LogP) is 3.75. The Balaban J connectivity index is 2.33. The molecule has 0 radical (unpaired) electrons. The van der Waals surface area contributed by atoms with Gasteiger partial charge in [0.25, 0.3) is 0 Å². The minimum atomic E-state index is -0.736. The van der Waals surface area contributed by atoms with E-state index < -0.39 is 12.1 Å². The van der Waals surface area contributed by atoms with Crippen molar-refractivity contribution in [2.45, 2.75) is 19.3 Å². The smallest absolute Gasteiger partial charge is 0.247 e. The monoisotopic (exact) mass is 298 g/mol. The van der Waals surface area contributed by atoms with Crippen LogP contribution in [0.5, 0.6) is 0 Å². The summed E-state index contributed by atoms with van der Waals surface area (Å²) >= 11 is 3.35. The van der Waals surface area contributed by atoms with Gasteiger partial charge in [-0.25, -0.2) is 4.39 Å². The topological polar surface area (TPSA) is 38.9 Å². The summed E-state index contributed by atoms with van der Waals surface area (Å²) in [7, 11) is 0. The Morgan fingerprint density at radius 3 is 2.47 bits per heavy atom. The summed E-state index contributed by atoms with van der Waals surface area (Å²) in [6, 6.07) is 7.51.